The summed E-state index contributed by atoms with van der Waals surface area (Å²) in [6, 6.07) is 0.391. The predicted octanol–water partition coefficient (Wildman–Crippen LogP) is -1.06. The molecule has 7 nitrogen and oxygen atoms in total. The number of primary amides is 1. The third-order valence-corrected chi connectivity index (χ3v) is 6.42. The lowest BCUT2D eigenvalue weighted by molar-refractivity contribution is 0.0523. The molecule has 3 N–H and O–H groups in total. The summed E-state index contributed by atoms with van der Waals surface area (Å²) in [5.74, 6) is 0. The van der Waals surface area contributed by atoms with E-state index in [1.807, 2.05) is 0 Å². The summed E-state index contributed by atoms with van der Waals surface area (Å²) in [7, 11) is 0.881. The first-order valence-corrected chi connectivity index (χ1v) is 8.14. The Morgan fingerprint density at radius 1 is 1.31 bits per heavy atom. The molecule has 0 unspecified atom stereocenters. The van der Waals surface area contributed by atoms with Gasteiger partial charge in [-0.15, -0.1) is 0 Å². The minimum absolute atomic E-state index is 0.503. The largest absolute Gasteiger partial charge is 0.667 e. The van der Waals surface area contributed by atoms with Crippen LogP contribution in [0.2, 0.25) is 6.04 Å². The van der Waals surface area contributed by atoms with Gasteiger partial charge in [0.05, 0.1) is 0 Å². The fourth-order valence-corrected chi connectivity index (χ4v) is 5.01. The van der Waals surface area contributed by atoms with Crippen molar-refractivity contribution in [3.8, 4) is 0 Å². The smallest absolute Gasteiger partial charge is 0.400 e. The molecule has 2 amide bonds. The maximum Gasteiger partial charge on any atom is 0.667 e. The maximum atomic E-state index is 10.4. The number of urea groups is 1. The molecule has 0 saturated carbocycles. The molecule has 0 bridgehead atoms. The van der Waals surface area contributed by atoms with E-state index in [0.29, 0.717) is 6.54 Å². The third-order valence-electron chi connectivity index (χ3n) is 1.90. The molecular formula is C7H20N2O5Si2. The fraction of sp³-hybridized carbons (Fsp3) is 0.857. The van der Waals surface area contributed by atoms with Crippen LogP contribution in [0.4, 0.5) is 4.79 Å². The number of rotatable bonds is 9. The van der Waals surface area contributed by atoms with E-state index in [1.54, 1.807) is 0 Å². The molecule has 0 radical (unpaired) electrons. The number of nitrogens with one attached hydrogen (secondary N) is 1. The van der Waals surface area contributed by atoms with E-state index >= 15 is 0 Å². The first-order valence-electron chi connectivity index (χ1n) is 4.93. The normalized spacial score (nSPS) is 12.2. The number of carbonyl (C=O) groups excluding carboxylic acids is 1. The number of nitrogens with two attached hydrogens (primary N) is 1. The van der Waals surface area contributed by atoms with E-state index < -0.39 is 24.8 Å². The minimum Gasteiger partial charge on any atom is -0.400 e. The van der Waals surface area contributed by atoms with E-state index in [4.69, 9.17) is 23.1 Å². The van der Waals surface area contributed by atoms with Gasteiger partial charge in [-0.3, -0.25) is 0 Å². The number of carbonyl (C=O) groups is 1. The zero-order valence-corrected chi connectivity index (χ0v) is 12.4. The highest BCUT2D eigenvalue weighted by atomic mass is 28.4. The molecule has 9 heteroatoms. The molecule has 16 heavy (non-hydrogen) atoms. The summed E-state index contributed by atoms with van der Waals surface area (Å²) < 4.78 is 20.8. The van der Waals surface area contributed by atoms with Crippen LogP contribution in [0.15, 0.2) is 0 Å². The first kappa shape index (κ1) is 15.5. The molecule has 0 atom stereocenters. The lowest BCUT2D eigenvalue weighted by Gasteiger charge is -2.23. The Hall–Kier alpha value is -0.456. The molecule has 0 rings (SSSR count). The molecule has 0 aromatic carbocycles. The van der Waals surface area contributed by atoms with Gasteiger partial charge in [-0.2, -0.15) is 0 Å². The summed E-state index contributed by atoms with van der Waals surface area (Å²) in [5, 5.41) is 2.51. The number of hydrogen-bond acceptors (Lipinski definition) is 5. The lowest BCUT2D eigenvalue weighted by Crippen LogP contribution is -2.47. The molecule has 0 fully saturated rings. The second-order valence-corrected chi connectivity index (χ2v) is 7.45. The van der Waals surface area contributed by atoms with Crippen molar-refractivity contribution < 1.29 is 22.2 Å². The van der Waals surface area contributed by atoms with Gasteiger partial charge in [0.1, 0.15) is 0 Å². The molecule has 0 aromatic heterocycles. The standard InChI is InChI=1S/C7H20N2O5Si2/c1-11-16(12-2,13-3)14-15-6-4-5-9-7(8)10/h4-6,15H2,1-3H3,(H3,8,9,10). The van der Waals surface area contributed by atoms with Crippen molar-refractivity contribution in [1.29, 1.82) is 0 Å². The Morgan fingerprint density at radius 3 is 2.31 bits per heavy atom. The molecule has 0 spiro atoms. The van der Waals surface area contributed by atoms with Crippen LogP contribution in [-0.2, 0) is 17.4 Å². The topological polar surface area (TPSA) is 92.0 Å². The Balaban J connectivity index is 3.59. The summed E-state index contributed by atoms with van der Waals surface area (Å²) >= 11 is 0. The Kier molecular flexibility index (Phi) is 8.42. The molecule has 0 aliphatic heterocycles. The Bertz CT molecular complexity index is 195. The Labute approximate surface area is 99.0 Å². The van der Waals surface area contributed by atoms with Crippen LogP contribution in [0, 0.1) is 0 Å². The summed E-state index contributed by atoms with van der Waals surface area (Å²) in [5.41, 5.74) is 4.92. The van der Waals surface area contributed by atoms with Crippen molar-refractivity contribution in [3.63, 3.8) is 0 Å². The number of amides is 2. The molecular weight excluding hydrogens is 248 g/mol. The molecule has 96 valence electrons. The van der Waals surface area contributed by atoms with E-state index in [9.17, 15) is 4.79 Å². The van der Waals surface area contributed by atoms with Gasteiger partial charge < -0.3 is 28.4 Å². The van der Waals surface area contributed by atoms with E-state index in [1.165, 1.54) is 21.3 Å². The lowest BCUT2D eigenvalue weighted by atomic mass is 10.5. The first-order chi connectivity index (χ1) is 7.60. The molecule has 0 aliphatic rings. The SMILES string of the molecule is CO[Si](OC)(OC)O[SiH2]CCCNC(N)=O. The van der Waals surface area contributed by atoms with Crippen LogP contribution in [0.5, 0.6) is 0 Å². The van der Waals surface area contributed by atoms with Crippen LogP contribution in [0.25, 0.3) is 0 Å². The van der Waals surface area contributed by atoms with Gasteiger partial charge >= 0.3 is 15.1 Å². The monoisotopic (exact) mass is 268 g/mol. The van der Waals surface area contributed by atoms with Crippen LogP contribution in [-0.4, -0.2) is 52.7 Å². The summed E-state index contributed by atoms with van der Waals surface area (Å²) in [6.07, 6.45) is 0.830. The average Bonchev–Trinajstić information content (AvgIpc) is 2.29. The second kappa shape index (κ2) is 8.67. The van der Waals surface area contributed by atoms with Gasteiger partial charge in [0.15, 0.2) is 9.76 Å². The van der Waals surface area contributed by atoms with Gasteiger partial charge in [0.2, 0.25) is 0 Å². The van der Waals surface area contributed by atoms with Crippen LogP contribution in [0.1, 0.15) is 6.42 Å². The van der Waals surface area contributed by atoms with Crippen molar-refractivity contribution in [2.45, 2.75) is 12.5 Å². The van der Waals surface area contributed by atoms with Crippen molar-refractivity contribution >= 4 is 24.8 Å². The summed E-state index contributed by atoms with van der Waals surface area (Å²) in [4.78, 5) is 10.4. The summed E-state index contributed by atoms with van der Waals surface area (Å²) in [6.45, 7) is 0.563. The molecule has 0 heterocycles. The van der Waals surface area contributed by atoms with Crippen molar-refractivity contribution in [3.05, 3.63) is 0 Å². The van der Waals surface area contributed by atoms with Crippen molar-refractivity contribution in [2.75, 3.05) is 27.9 Å². The quantitative estimate of drug-likeness (QED) is 0.411. The Morgan fingerprint density at radius 2 is 1.88 bits per heavy atom. The van der Waals surface area contributed by atoms with Crippen LogP contribution >= 0.6 is 0 Å². The van der Waals surface area contributed by atoms with Gasteiger partial charge in [0, 0.05) is 27.9 Å². The highest BCUT2D eigenvalue weighted by Gasteiger charge is 2.41. The van der Waals surface area contributed by atoms with E-state index in [-0.39, 0.29) is 0 Å². The molecule has 0 saturated heterocycles. The zero-order chi connectivity index (χ0) is 12.4. The van der Waals surface area contributed by atoms with E-state index in [2.05, 4.69) is 5.32 Å². The van der Waals surface area contributed by atoms with Gasteiger partial charge in [-0.1, -0.05) is 0 Å². The number of hydrogen-bond donors (Lipinski definition) is 2. The molecule has 0 aromatic rings. The van der Waals surface area contributed by atoms with Crippen molar-refractivity contribution in [1.82, 2.24) is 5.32 Å². The third kappa shape index (κ3) is 6.20. The average molecular weight is 268 g/mol. The van der Waals surface area contributed by atoms with Crippen LogP contribution in [0.3, 0.4) is 0 Å². The predicted molar refractivity (Wildman–Crippen MR) is 63.4 cm³/mol. The fourth-order valence-electron chi connectivity index (χ4n) is 1.06. The van der Waals surface area contributed by atoms with Gasteiger partial charge in [0.25, 0.3) is 0 Å². The maximum absolute atomic E-state index is 10.4. The van der Waals surface area contributed by atoms with Crippen LogP contribution < -0.4 is 11.1 Å². The van der Waals surface area contributed by atoms with Gasteiger partial charge in [-0.05, 0) is 12.5 Å². The highest BCUT2D eigenvalue weighted by Crippen LogP contribution is 2.07. The molecule has 0 aliphatic carbocycles. The van der Waals surface area contributed by atoms with E-state index in [0.717, 1.165) is 12.5 Å². The minimum atomic E-state index is -2.85. The van der Waals surface area contributed by atoms with Gasteiger partial charge in [-0.25, -0.2) is 4.79 Å². The second-order valence-electron chi connectivity index (χ2n) is 2.96. The highest BCUT2D eigenvalue weighted by molar-refractivity contribution is 6.60. The zero-order valence-electron chi connectivity index (χ0n) is 9.95. The van der Waals surface area contributed by atoms with Crippen molar-refractivity contribution in [2.24, 2.45) is 5.73 Å².